The van der Waals surface area contributed by atoms with E-state index in [1.165, 1.54) is 5.56 Å². The van der Waals surface area contributed by atoms with Crippen molar-refractivity contribution in [1.29, 1.82) is 0 Å². The molecule has 0 aliphatic heterocycles. The number of halogens is 1. The second-order valence-electron chi connectivity index (χ2n) is 4.38. The van der Waals surface area contributed by atoms with E-state index < -0.39 is 0 Å². The lowest BCUT2D eigenvalue weighted by atomic mass is 10.1. The molecule has 2 rings (SSSR count). The molecule has 0 fully saturated rings. The maximum absolute atomic E-state index is 5.77. The van der Waals surface area contributed by atoms with E-state index in [2.05, 4.69) is 13.0 Å². The quantitative estimate of drug-likeness (QED) is 0.757. The molecule has 2 aromatic carbocycles. The van der Waals surface area contributed by atoms with E-state index in [-0.39, 0.29) is 0 Å². The van der Waals surface area contributed by atoms with Crippen LogP contribution in [0.25, 0.3) is 0 Å². The topological polar surface area (TPSA) is 18.5 Å². The highest BCUT2D eigenvalue weighted by Gasteiger charge is 2.04. The van der Waals surface area contributed by atoms with E-state index in [9.17, 15) is 0 Å². The molecule has 2 nitrogen and oxygen atoms in total. The van der Waals surface area contributed by atoms with Crippen LogP contribution in [-0.4, -0.2) is 7.11 Å². The van der Waals surface area contributed by atoms with Crippen molar-refractivity contribution >= 4 is 11.6 Å². The number of hydrogen-bond donors (Lipinski definition) is 0. The van der Waals surface area contributed by atoms with E-state index in [1.807, 2.05) is 36.4 Å². The Morgan fingerprint density at radius 1 is 1.05 bits per heavy atom. The van der Waals surface area contributed by atoms with Gasteiger partial charge in [0.25, 0.3) is 0 Å². The normalized spacial score (nSPS) is 10.3. The zero-order valence-corrected chi connectivity index (χ0v) is 11.9. The van der Waals surface area contributed by atoms with Gasteiger partial charge in [-0.1, -0.05) is 23.8 Å². The summed E-state index contributed by atoms with van der Waals surface area (Å²) in [6.45, 7) is 2.54. The van der Waals surface area contributed by atoms with Gasteiger partial charge in [0.2, 0.25) is 0 Å². The Morgan fingerprint density at radius 2 is 1.79 bits per heavy atom. The maximum atomic E-state index is 5.77. The SMILES string of the molecule is COc1ccc(C)cc1COc1ccc(CCl)cc1. The van der Waals surface area contributed by atoms with Gasteiger partial charge in [0, 0.05) is 11.4 Å². The highest BCUT2D eigenvalue weighted by atomic mass is 35.5. The first-order valence-corrected chi connectivity index (χ1v) is 6.67. The van der Waals surface area contributed by atoms with E-state index in [1.54, 1.807) is 7.11 Å². The van der Waals surface area contributed by atoms with Crippen LogP contribution in [-0.2, 0) is 12.5 Å². The van der Waals surface area contributed by atoms with Crippen LogP contribution < -0.4 is 9.47 Å². The first-order valence-electron chi connectivity index (χ1n) is 6.14. The van der Waals surface area contributed by atoms with Gasteiger partial charge in [-0.05, 0) is 36.8 Å². The van der Waals surface area contributed by atoms with Crippen LogP contribution in [0.15, 0.2) is 42.5 Å². The Labute approximate surface area is 118 Å². The van der Waals surface area contributed by atoms with Gasteiger partial charge in [-0.25, -0.2) is 0 Å². The summed E-state index contributed by atoms with van der Waals surface area (Å²) in [5.41, 5.74) is 3.32. The molecule has 0 aliphatic carbocycles. The van der Waals surface area contributed by atoms with Crippen LogP contribution in [0.4, 0.5) is 0 Å². The second-order valence-corrected chi connectivity index (χ2v) is 4.65. The van der Waals surface area contributed by atoms with Gasteiger partial charge in [0.15, 0.2) is 0 Å². The van der Waals surface area contributed by atoms with Crippen LogP contribution in [0.3, 0.4) is 0 Å². The van der Waals surface area contributed by atoms with Crippen molar-refractivity contribution in [2.75, 3.05) is 7.11 Å². The molecule has 0 saturated heterocycles. The second kappa shape index (κ2) is 6.48. The van der Waals surface area contributed by atoms with Gasteiger partial charge in [0.1, 0.15) is 18.1 Å². The summed E-state index contributed by atoms with van der Waals surface area (Å²) in [6.07, 6.45) is 0. The minimum atomic E-state index is 0.491. The molecule has 0 heterocycles. The number of alkyl halides is 1. The zero-order chi connectivity index (χ0) is 13.7. The highest BCUT2D eigenvalue weighted by Crippen LogP contribution is 2.22. The number of benzene rings is 2. The molecule has 0 aliphatic rings. The summed E-state index contributed by atoms with van der Waals surface area (Å²) in [6, 6.07) is 13.9. The monoisotopic (exact) mass is 276 g/mol. The van der Waals surface area contributed by atoms with Crippen molar-refractivity contribution in [2.45, 2.75) is 19.4 Å². The predicted molar refractivity (Wildman–Crippen MR) is 78.1 cm³/mol. The molecule has 0 saturated carbocycles. The summed E-state index contributed by atoms with van der Waals surface area (Å²) >= 11 is 5.75. The first kappa shape index (κ1) is 13.8. The number of hydrogen-bond acceptors (Lipinski definition) is 2. The summed E-state index contributed by atoms with van der Waals surface area (Å²) in [5, 5.41) is 0. The van der Waals surface area contributed by atoms with Gasteiger partial charge in [0.05, 0.1) is 7.11 Å². The molecule has 0 bridgehead atoms. The number of ether oxygens (including phenoxy) is 2. The standard InChI is InChI=1S/C16H17ClO2/c1-12-3-8-16(18-2)14(9-12)11-19-15-6-4-13(10-17)5-7-15/h3-9H,10-11H2,1-2H3. The van der Waals surface area contributed by atoms with E-state index >= 15 is 0 Å². The number of rotatable bonds is 5. The predicted octanol–water partition coefficient (Wildman–Crippen LogP) is 4.32. The van der Waals surface area contributed by atoms with Crippen molar-refractivity contribution in [3.8, 4) is 11.5 Å². The fourth-order valence-corrected chi connectivity index (χ4v) is 2.03. The molecule has 0 spiro atoms. The van der Waals surface area contributed by atoms with Crippen LogP contribution in [0.5, 0.6) is 11.5 Å². The van der Waals surface area contributed by atoms with Crippen LogP contribution >= 0.6 is 11.6 Å². The molecule has 0 radical (unpaired) electrons. The average molecular weight is 277 g/mol. The minimum Gasteiger partial charge on any atom is -0.496 e. The lowest BCUT2D eigenvalue weighted by molar-refractivity contribution is 0.296. The Kier molecular flexibility index (Phi) is 4.69. The number of methoxy groups -OCH3 is 1. The lowest BCUT2D eigenvalue weighted by Crippen LogP contribution is -1.99. The maximum Gasteiger partial charge on any atom is 0.125 e. The van der Waals surface area contributed by atoms with Gasteiger partial charge < -0.3 is 9.47 Å². The fourth-order valence-electron chi connectivity index (χ4n) is 1.86. The molecule has 100 valence electrons. The Morgan fingerprint density at radius 3 is 2.42 bits per heavy atom. The van der Waals surface area contributed by atoms with Gasteiger partial charge in [-0.2, -0.15) is 0 Å². The molecule has 3 heteroatoms. The van der Waals surface area contributed by atoms with E-state index in [0.29, 0.717) is 12.5 Å². The zero-order valence-electron chi connectivity index (χ0n) is 11.2. The van der Waals surface area contributed by atoms with E-state index in [0.717, 1.165) is 22.6 Å². The Hall–Kier alpha value is -1.67. The van der Waals surface area contributed by atoms with Crippen LogP contribution in [0.2, 0.25) is 0 Å². The lowest BCUT2D eigenvalue weighted by Gasteiger charge is -2.11. The number of aryl methyl sites for hydroxylation is 1. The third kappa shape index (κ3) is 3.65. The molecule has 0 unspecified atom stereocenters. The molecule has 0 N–H and O–H groups in total. The molecule has 0 atom stereocenters. The molecular weight excluding hydrogens is 260 g/mol. The van der Waals surface area contributed by atoms with Crippen LogP contribution in [0, 0.1) is 6.92 Å². The van der Waals surface area contributed by atoms with Crippen LogP contribution in [0.1, 0.15) is 16.7 Å². The highest BCUT2D eigenvalue weighted by molar-refractivity contribution is 6.17. The summed E-state index contributed by atoms with van der Waals surface area (Å²) in [7, 11) is 1.67. The summed E-state index contributed by atoms with van der Waals surface area (Å²) in [5.74, 6) is 2.20. The van der Waals surface area contributed by atoms with Crippen molar-refractivity contribution in [1.82, 2.24) is 0 Å². The van der Waals surface area contributed by atoms with Gasteiger partial charge in [-0.15, -0.1) is 11.6 Å². The minimum absolute atomic E-state index is 0.491. The largest absolute Gasteiger partial charge is 0.496 e. The summed E-state index contributed by atoms with van der Waals surface area (Å²) < 4.78 is 11.1. The first-order chi connectivity index (χ1) is 9.22. The smallest absolute Gasteiger partial charge is 0.125 e. The van der Waals surface area contributed by atoms with Crippen molar-refractivity contribution in [3.63, 3.8) is 0 Å². The van der Waals surface area contributed by atoms with Crippen molar-refractivity contribution < 1.29 is 9.47 Å². The fraction of sp³-hybridized carbons (Fsp3) is 0.250. The molecular formula is C16H17ClO2. The van der Waals surface area contributed by atoms with Gasteiger partial charge in [-0.3, -0.25) is 0 Å². The Balaban J connectivity index is 2.07. The molecule has 0 amide bonds. The average Bonchev–Trinajstić information content (AvgIpc) is 2.46. The Bertz CT molecular complexity index is 535. The third-order valence-corrected chi connectivity index (χ3v) is 3.22. The van der Waals surface area contributed by atoms with Crippen molar-refractivity contribution in [3.05, 3.63) is 59.2 Å². The molecule has 19 heavy (non-hydrogen) atoms. The van der Waals surface area contributed by atoms with Crippen molar-refractivity contribution in [2.24, 2.45) is 0 Å². The molecule has 2 aromatic rings. The third-order valence-electron chi connectivity index (χ3n) is 2.91. The van der Waals surface area contributed by atoms with E-state index in [4.69, 9.17) is 21.1 Å². The molecule has 0 aromatic heterocycles. The summed E-state index contributed by atoms with van der Waals surface area (Å²) in [4.78, 5) is 0. The van der Waals surface area contributed by atoms with Gasteiger partial charge >= 0.3 is 0 Å².